The number of ether oxygens (including phenoxy) is 2. The van der Waals surface area contributed by atoms with Gasteiger partial charge in [-0.2, -0.15) is 0 Å². The minimum absolute atomic E-state index is 0.00895. The molecule has 0 saturated heterocycles. The first-order chi connectivity index (χ1) is 9.54. The SMILES string of the molecule is COC(=O)c1c(O)ccc2c(CO)c(Cl)c(OC)cc12. The molecule has 5 nitrogen and oxygen atoms in total. The topological polar surface area (TPSA) is 76.0 Å². The quantitative estimate of drug-likeness (QED) is 0.851. The van der Waals surface area contributed by atoms with Gasteiger partial charge in [0.2, 0.25) is 0 Å². The number of carbonyl (C=O) groups excluding carboxylic acids is 1. The van der Waals surface area contributed by atoms with Crippen LogP contribution in [-0.2, 0) is 11.3 Å². The fraction of sp³-hybridized carbons (Fsp3) is 0.214. The highest BCUT2D eigenvalue weighted by molar-refractivity contribution is 6.34. The summed E-state index contributed by atoms with van der Waals surface area (Å²) in [5.74, 6) is -0.585. The lowest BCUT2D eigenvalue weighted by atomic mass is 9.98. The average molecular weight is 297 g/mol. The lowest BCUT2D eigenvalue weighted by molar-refractivity contribution is 0.0600. The summed E-state index contributed by atoms with van der Waals surface area (Å²) < 4.78 is 9.79. The number of carbonyl (C=O) groups is 1. The Morgan fingerprint density at radius 3 is 2.55 bits per heavy atom. The first-order valence-corrected chi connectivity index (χ1v) is 6.13. The lowest BCUT2D eigenvalue weighted by Gasteiger charge is -2.14. The van der Waals surface area contributed by atoms with Crippen LogP contribution in [0.5, 0.6) is 11.5 Å². The molecule has 0 saturated carbocycles. The fourth-order valence-corrected chi connectivity index (χ4v) is 2.40. The molecule has 2 rings (SSSR count). The molecule has 0 spiro atoms. The van der Waals surface area contributed by atoms with E-state index in [-0.39, 0.29) is 22.9 Å². The molecule has 0 heterocycles. The van der Waals surface area contributed by atoms with Crippen molar-refractivity contribution in [1.82, 2.24) is 0 Å². The van der Waals surface area contributed by atoms with Crippen LogP contribution in [0, 0.1) is 0 Å². The molecule has 2 N–H and O–H groups in total. The molecular formula is C14H13ClO5. The summed E-state index contributed by atoms with van der Waals surface area (Å²) in [6.45, 7) is -0.322. The normalized spacial score (nSPS) is 10.6. The van der Waals surface area contributed by atoms with Crippen LogP contribution in [0.25, 0.3) is 10.8 Å². The summed E-state index contributed by atoms with van der Waals surface area (Å²) in [4.78, 5) is 11.8. The van der Waals surface area contributed by atoms with Crippen molar-refractivity contribution < 1.29 is 24.5 Å². The Hall–Kier alpha value is -1.98. The third-order valence-electron chi connectivity index (χ3n) is 3.07. The maximum atomic E-state index is 11.8. The number of phenolic OH excluding ortho intramolecular Hbond substituents is 1. The monoisotopic (exact) mass is 296 g/mol. The van der Waals surface area contributed by atoms with E-state index in [1.165, 1.54) is 26.4 Å². The van der Waals surface area contributed by atoms with Crippen molar-refractivity contribution in [3.05, 3.63) is 34.3 Å². The fourth-order valence-electron chi connectivity index (χ4n) is 2.10. The lowest BCUT2D eigenvalue weighted by Crippen LogP contribution is -2.04. The van der Waals surface area contributed by atoms with Crippen LogP contribution in [0.15, 0.2) is 18.2 Å². The first-order valence-electron chi connectivity index (χ1n) is 5.75. The third-order valence-corrected chi connectivity index (χ3v) is 3.49. The Morgan fingerprint density at radius 2 is 2.00 bits per heavy atom. The van der Waals surface area contributed by atoms with E-state index in [1.807, 2.05) is 0 Å². The zero-order chi connectivity index (χ0) is 14.9. The molecule has 2 aromatic carbocycles. The van der Waals surface area contributed by atoms with E-state index in [0.717, 1.165) is 0 Å². The molecule has 106 valence electrons. The molecule has 0 atom stereocenters. The van der Waals surface area contributed by atoms with Gasteiger partial charge in [-0.1, -0.05) is 17.7 Å². The van der Waals surface area contributed by atoms with Crippen LogP contribution in [0.4, 0.5) is 0 Å². The van der Waals surface area contributed by atoms with Crippen molar-refractivity contribution in [2.75, 3.05) is 14.2 Å². The van der Waals surface area contributed by atoms with E-state index < -0.39 is 5.97 Å². The summed E-state index contributed by atoms with van der Waals surface area (Å²) >= 11 is 6.13. The van der Waals surface area contributed by atoms with E-state index in [0.29, 0.717) is 22.1 Å². The minimum Gasteiger partial charge on any atom is -0.507 e. The standard InChI is InChI=1S/C14H13ClO5/c1-19-11-5-8-7(9(6-16)13(11)15)3-4-10(17)12(8)14(18)20-2/h3-5,16-17H,6H2,1-2H3. The second kappa shape index (κ2) is 5.56. The van der Waals surface area contributed by atoms with Crippen LogP contribution in [0.3, 0.4) is 0 Å². The largest absolute Gasteiger partial charge is 0.507 e. The predicted molar refractivity (Wildman–Crippen MR) is 74.4 cm³/mol. The molecule has 20 heavy (non-hydrogen) atoms. The number of aliphatic hydroxyl groups excluding tert-OH is 1. The number of halogens is 1. The zero-order valence-corrected chi connectivity index (χ0v) is 11.7. The molecule has 0 fully saturated rings. The number of aliphatic hydroxyl groups is 1. The molecule has 2 aromatic rings. The first kappa shape index (κ1) is 14.4. The number of benzene rings is 2. The number of methoxy groups -OCH3 is 2. The summed E-state index contributed by atoms with van der Waals surface area (Å²) in [6.07, 6.45) is 0. The van der Waals surface area contributed by atoms with E-state index in [4.69, 9.17) is 16.3 Å². The van der Waals surface area contributed by atoms with Crippen molar-refractivity contribution in [3.8, 4) is 11.5 Å². The number of aromatic hydroxyl groups is 1. The summed E-state index contributed by atoms with van der Waals surface area (Å²) in [6, 6.07) is 4.47. The predicted octanol–water partition coefficient (Wildman–Crippen LogP) is 2.49. The molecule has 6 heteroatoms. The highest BCUT2D eigenvalue weighted by atomic mass is 35.5. The van der Waals surface area contributed by atoms with Gasteiger partial charge in [-0.25, -0.2) is 4.79 Å². The smallest absolute Gasteiger partial charge is 0.342 e. The van der Waals surface area contributed by atoms with Crippen molar-refractivity contribution >= 4 is 28.3 Å². The number of phenols is 1. The van der Waals surface area contributed by atoms with Gasteiger partial charge in [0.15, 0.2) is 0 Å². The van der Waals surface area contributed by atoms with Gasteiger partial charge in [0, 0.05) is 10.9 Å². The molecule has 0 bridgehead atoms. The second-order valence-corrected chi connectivity index (χ2v) is 4.45. The number of hydrogen-bond donors (Lipinski definition) is 2. The van der Waals surface area contributed by atoms with Crippen molar-refractivity contribution in [2.24, 2.45) is 0 Å². The molecular weight excluding hydrogens is 284 g/mol. The van der Waals surface area contributed by atoms with Crippen molar-refractivity contribution in [2.45, 2.75) is 6.61 Å². The summed E-state index contributed by atoms with van der Waals surface area (Å²) in [5, 5.41) is 20.6. The van der Waals surface area contributed by atoms with Gasteiger partial charge in [0.25, 0.3) is 0 Å². The second-order valence-electron chi connectivity index (χ2n) is 4.08. The van der Waals surface area contributed by atoms with Crippen molar-refractivity contribution in [3.63, 3.8) is 0 Å². The number of esters is 1. The maximum Gasteiger partial charge on any atom is 0.342 e. The third kappa shape index (κ3) is 2.15. The van der Waals surface area contributed by atoms with Gasteiger partial charge in [0.05, 0.1) is 25.8 Å². The number of hydrogen-bond acceptors (Lipinski definition) is 5. The van der Waals surface area contributed by atoms with E-state index in [9.17, 15) is 15.0 Å². The molecule has 0 radical (unpaired) electrons. The van der Waals surface area contributed by atoms with Crippen LogP contribution < -0.4 is 4.74 Å². The van der Waals surface area contributed by atoms with Crippen LogP contribution in [0.1, 0.15) is 15.9 Å². The van der Waals surface area contributed by atoms with E-state index in [2.05, 4.69) is 4.74 Å². The van der Waals surface area contributed by atoms with Crippen LogP contribution in [-0.4, -0.2) is 30.4 Å². The summed E-state index contributed by atoms with van der Waals surface area (Å²) in [5.41, 5.74) is 0.431. The highest BCUT2D eigenvalue weighted by Gasteiger charge is 2.20. The number of fused-ring (bicyclic) bond motifs is 1. The van der Waals surface area contributed by atoms with Crippen molar-refractivity contribution in [1.29, 1.82) is 0 Å². The Kier molecular flexibility index (Phi) is 4.01. The highest BCUT2D eigenvalue weighted by Crippen LogP contribution is 2.38. The molecule has 0 amide bonds. The molecule has 0 aromatic heterocycles. The minimum atomic E-state index is -0.679. The Balaban J connectivity index is 2.94. The van der Waals surface area contributed by atoms with E-state index in [1.54, 1.807) is 6.07 Å². The van der Waals surface area contributed by atoms with Gasteiger partial charge in [-0.3, -0.25) is 0 Å². The Morgan fingerprint density at radius 1 is 1.30 bits per heavy atom. The van der Waals surface area contributed by atoms with Gasteiger partial charge < -0.3 is 19.7 Å². The molecule has 0 unspecified atom stereocenters. The van der Waals surface area contributed by atoms with Gasteiger partial charge in [-0.05, 0) is 17.5 Å². The molecule has 0 aliphatic heterocycles. The Labute approximate surface area is 120 Å². The van der Waals surface area contributed by atoms with Crippen LogP contribution >= 0.6 is 11.6 Å². The summed E-state index contributed by atoms with van der Waals surface area (Å²) in [7, 11) is 2.65. The van der Waals surface area contributed by atoms with Gasteiger partial charge in [0.1, 0.15) is 17.1 Å². The Bertz CT molecular complexity index is 681. The molecule has 0 aliphatic carbocycles. The average Bonchev–Trinajstić information content (AvgIpc) is 2.46. The van der Waals surface area contributed by atoms with Gasteiger partial charge >= 0.3 is 5.97 Å². The maximum absolute atomic E-state index is 11.8. The van der Waals surface area contributed by atoms with Crippen LogP contribution in [0.2, 0.25) is 5.02 Å². The molecule has 0 aliphatic rings. The zero-order valence-electron chi connectivity index (χ0n) is 10.9. The number of rotatable bonds is 3. The van der Waals surface area contributed by atoms with Gasteiger partial charge in [-0.15, -0.1) is 0 Å². The van der Waals surface area contributed by atoms with E-state index >= 15 is 0 Å².